The van der Waals surface area contributed by atoms with Gasteiger partial charge in [-0.05, 0) is 76.8 Å². The fourth-order valence-electron chi connectivity index (χ4n) is 3.38. The second-order valence-electron chi connectivity index (χ2n) is 7.74. The molecule has 3 aromatic rings. The number of halogens is 1. The molecule has 0 N–H and O–H groups in total. The van der Waals surface area contributed by atoms with Crippen molar-refractivity contribution in [1.29, 1.82) is 15.8 Å². The molecule has 0 amide bonds. The van der Waals surface area contributed by atoms with Crippen LogP contribution in [-0.4, -0.2) is 18.4 Å². The van der Waals surface area contributed by atoms with Gasteiger partial charge in [-0.2, -0.15) is 15.8 Å². The Balaban J connectivity index is 1.75. The number of hydrogen-bond donors (Lipinski definition) is 0. The molecule has 0 unspecified atom stereocenters. The summed E-state index contributed by atoms with van der Waals surface area (Å²) in [6, 6.07) is 18.3. The average Bonchev–Trinajstić information content (AvgIpc) is 3.21. The number of thiophene rings is 1. The van der Waals surface area contributed by atoms with Gasteiger partial charge in [0.25, 0.3) is 0 Å². The van der Waals surface area contributed by atoms with Crippen LogP contribution >= 0.6 is 27.3 Å². The molecule has 0 radical (unpaired) electrons. The summed E-state index contributed by atoms with van der Waals surface area (Å²) in [7, 11) is 0. The van der Waals surface area contributed by atoms with Gasteiger partial charge < -0.3 is 9.47 Å². The van der Waals surface area contributed by atoms with Gasteiger partial charge in [0.2, 0.25) is 0 Å². The Morgan fingerprint density at radius 3 is 2.41 bits per heavy atom. The highest BCUT2D eigenvalue weighted by Crippen LogP contribution is 2.31. The van der Waals surface area contributed by atoms with Crippen molar-refractivity contribution in [1.82, 2.24) is 0 Å². The summed E-state index contributed by atoms with van der Waals surface area (Å²) in [6.45, 7) is 3.82. The molecule has 184 valence electrons. The van der Waals surface area contributed by atoms with Crippen LogP contribution in [0, 0.1) is 40.9 Å². The van der Waals surface area contributed by atoms with Crippen LogP contribution in [0.3, 0.4) is 0 Å². The number of hydrogen-bond acceptors (Lipinski definition) is 8. The number of nitrogens with zero attached hydrogens (tertiary/aromatic N) is 3. The summed E-state index contributed by atoms with van der Waals surface area (Å²) in [5.41, 5.74) is 2.73. The van der Waals surface area contributed by atoms with E-state index < -0.39 is 11.8 Å². The Morgan fingerprint density at radius 1 is 1.08 bits per heavy atom. The molecule has 0 spiro atoms. The Hall–Kier alpha value is -4.23. The average molecular weight is 574 g/mol. The number of ether oxygens (including phenoxy) is 2. The minimum Gasteiger partial charge on any atom is -0.488 e. The first-order valence-corrected chi connectivity index (χ1v) is 12.7. The third-order valence-electron chi connectivity index (χ3n) is 5.28. The van der Waals surface area contributed by atoms with Crippen molar-refractivity contribution >= 4 is 45.1 Å². The van der Waals surface area contributed by atoms with Crippen molar-refractivity contribution < 1.29 is 19.1 Å². The Bertz CT molecular complexity index is 1500. The van der Waals surface area contributed by atoms with Crippen LogP contribution in [0.4, 0.5) is 0 Å². The minimum absolute atomic E-state index is 0.0780. The van der Waals surface area contributed by atoms with Gasteiger partial charge >= 0.3 is 5.97 Å². The molecule has 2 aromatic carbocycles. The van der Waals surface area contributed by atoms with Gasteiger partial charge in [-0.3, -0.25) is 4.79 Å². The van der Waals surface area contributed by atoms with Gasteiger partial charge in [0.1, 0.15) is 29.4 Å². The number of benzene rings is 2. The number of Topliss-reactive ketones (excluding diaryl/α,β-unsaturated/α-hetero) is 1. The monoisotopic (exact) mass is 573 g/mol. The number of rotatable bonds is 9. The molecule has 7 nitrogen and oxygen atoms in total. The highest BCUT2D eigenvalue weighted by molar-refractivity contribution is 9.10. The molecule has 0 aliphatic carbocycles. The number of allylic oxidation sites excluding steroid dienone is 1. The van der Waals surface area contributed by atoms with E-state index in [1.165, 1.54) is 6.08 Å². The zero-order valence-corrected chi connectivity index (χ0v) is 22.4. The standard InChI is InChI=1S/C28H20BrN3O4S/c1-3-35-28(34)27-17(2)22(15-32)26(37-27)12-24(33)21(14-31)10-20-8-9-25(23(29)11-20)36-16-19-6-4-18(13-30)5-7-19/h4-11H,3,12,16H2,1-2H3/b21-10+. The number of ketones is 1. The molecule has 9 heteroatoms. The number of carbonyl (C=O) groups excluding carboxylic acids is 2. The van der Waals surface area contributed by atoms with E-state index in [9.17, 15) is 20.1 Å². The van der Waals surface area contributed by atoms with E-state index in [0.717, 1.165) is 16.9 Å². The lowest BCUT2D eigenvalue weighted by atomic mass is 10.0. The number of nitriles is 3. The van der Waals surface area contributed by atoms with E-state index in [0.29, 0.717) is 38.4 Å². The van der Waals surface area contributed by atoms with Crippen LogP contribution in [0.25, 0.3) is 6.08 Å². The predicted molar refractivity (Wildman–Crippen MR) is 142 cm³/mol. The minimum atomic E-state index is -0.539. The third-order valence-corrected chi connectivity index (χ3v) is 7.17. The smallest absolute Gasteiger partial charge is 0.348 e. The van der Waals surface area contributed by atoms with E-state index in [1.807, 2.05) is 18.2 Å². The molecule has 0 bridgehead atoms. The second kappa shape index (κ2) is 12.6. The molecular weight excluding hydrogens is 554 g/mol. The van der Waals surface area contributed by atoms with Crippen LogP contribution in [-0.2, 0) is 22.6 Å². The third kappa shape index (κ3) is 6.71. The summed E-state index contributed by atoms with van der Waals surface area (Å²) in [4.78, 5) is 25.8. The maximum Gasteiger partial charge on any atom is 0.348 e. The van der Waals surface area contributed by atoms with Gasteiger partial charge in [-0.1, -0.05) is 18.2 Å². The quantitative estimate of drug-likeness (QED) is 0.173. The van der Waals surface area contributed by atoms with Crippen molar-refractivity contribution in [2.75, 3.05) is 6.61 Å². The van der Waals surface area contributed by atoms with Gasteiger partial charge in [-0.25, -0.2) is 4.79 Å². The molecule has 1 heterocycles. The second-order valence-corrected chi connectivity index (χ2v) is 9.70. The van der Waals surface area contributed by atoms with E-state index >= 15 is 0 Å². The number of esters is 1. The molecule has 0 atom stereocenters. The predicted octanol–water partition coefficient (Wildman–Crippen LogP) is 6.04. The fraction of sp³-hybridized carbons (Fsp3) is 0.179. The fourth-order valence-corrected chi connectivity index (χ4v) is 5.04. The van der Waals surface area contributed by atoms with Crippen LogP contribution in [0.2, 0.25) is 0 Å². The van der Waals surface area contributed by atoms with E-state index in [2.05, 4.69) is 28.1 Å². The molecular formula is C28H20BrN3O4S. The Kier molecular flexibility index (Phi) is 9.35. The summed E-state index contributed by atoms with van der Waals surface area (Å²) >= 11 is 4.50. The zero-order chi connectivity index (χ0) is 26.9. The summed E-state index contributed by atoms with van der Waals surface area (Å²) in [5.74, 6) is -0.430. The van der Waals surface area contributed by atoms with Crippen molar-refractivity contribution in [3.63, 3.8) is 0 Å². The first kappa shape index (κ1) is 27.4. The summed E-state index contributed by atoms with van der Waals surface area (Å²) < 4.78 is 11.5. The van der Waals surface area contributed by atoms with E-state index in [4.69, 9.17) is 14.7 Å². The molecule has 0 saturated carbocycles. The van der Waals surface area contributed by atoms with Crippen molar-refractivity contribution in [2.45, 2.75) is 26.9 Å². The highest BCUT2D eigenvalue weighted by Gasteiger charge is 2.23. The molecule has 0 aliphatic heterocycles. The van der Waals surface area contributed by atoms with E-state index in [-0.39, 0.29) is 29.0 Å². The maximum absolute atomic E-state index is 12.9. The molecule has 0 saturated heterocycles. The SMILES string of the molecule is CCOC(=O)c1sc(CC(=O)/C(C#N)=C/c2ccc(OCc3ccc(C#N)cc3)c(Br)c2)c(C#N)c1C. The molecule has 0 aliphatic rings. The van der Waals surface area contributed by atoms with Crippen LogP contribution in [0.5, 0.6) is 5.75 Å². The van der Waals surface area contributed by atoms with Gasteiger partial charge in [0.05, 0.1) is 33.8 Å². The van der Waals surface area contributed by atoms with Gasteiger partial charge in [0, 0.05) is 11.3 Å². The first-order chi connectivity index (χ1) is 17.8. The van der Waals surface area contributed by atoms with Crippen molar-refractivity contribution in [2.24, 2.45) is 0 Å². The van der Waals surface area contributed by atoms with E-state index in [1.54, 1.807) is 44.2 Å². The molecule has 1 aromatic heterocycles. The van der Waals surface area contributed by atoms with Crippen LogP contribution < -0.4 is 4.74 Å². The molecule has 3 rings (SSSR count). The topological polar surface area (TPSA) is 124 Å². The maximum atomic E-state index is 12.9. The van der Waals surface area contributed by atoms with Gasteiger partial charge in [0.15, 0.2) is 5.78 Å². The summed E-state index contributed by atoms with van der Waals surface area (Å²) in [5, 5.41) is 28.1. The number of carbonyl (C=O) groups is 2. The lowest BCUT2D eigenvalue weighted by Crippen LogP contribution is -2.05. The lowest BCUT2D eigenvalue weighted by molar-refractivity contribution is -0.114. The van der Waals surface area contributed by atoms with Crippen molar-refractivity contribution in [3.8, 4) is 24.0 Å². The largest absolute Gasteiger partial charge is 0.488 e. The molecule has 37 heavy (non-hydrogen) atoms. The highest BCUT2D eigenvalue weighted by atomic mass is 79.9. The van der Waals surface area contributed by atoms with Gasteiger partial charge in [-0.15, -0.1) is 11.3 Å². The Labute approximate surface area is 226 Å². The van der Waals surface area contributed by atoms with Crippen molar-refractivity contribution in [3.05, 3.63) is 90.1 Å². The lowest BCUT2D eigenvalue weighted by Gasteiger charge is -2.09. The summed E-state index contributed by atoms with van der Waals surface area (Å²) in [6.07, 6.45) is 1.29. The van der Waals surface area contributed by atoms with Crippen LogP contribution in [0.15, 0.2) is 52.5 Å². The molecule has 0 fully saturated rings. The Morgan fingerprint density at radius 2 is 1.81 bits per heavy atom. The zero-order valence-electron chi connectivity index (χ0n) is 20.0. The van der Waals surface area contributed by atoms with Crippen LogP contribution in [0.1, 0.15) is 49.3 Å². The normalized spacial score (nSPS) is 10.6. The first-order valence-electron chi connectivity index (χ1n) is 11.1.